The molecule has 2 aliphatic heterocycles. The molecule has 4 rings (SSSR count). The Morgan fingerprint density at radius 2 is 1.86 bits per heavy atom. The molecule has 0 bridgehead atoms. The zero-order valence-corrected chi connectivity index (χ0v) is 20.8. The molecule has 2 amide bonds. The van der Waals surface area contributed by atoms with Gasteiger partial charge in [-0.1, -0.05) is 6.07 Å². The van der Waals surface area contributed by atoms with Crippen molar-refractivity contribution in [3.05, 3.63) is 35.5 Å². The number of anilines is 1. The number of amides is 2. The van der Waals surface area contributed by atoms with Gasteiger partial charge in [0, 0.05) is 25.6 Å². The number of piperidine rings is 1. The number of likely N-dealkylation sites (tertiary alicyclic amines) is 1. The topological polar surface area (TPSA) is 107 Å². The largest absolute Gasteiger partial charge is 0.493 e. The number of aromatic nitrogens is 2. The number of ether oxygens (including phenoxy) is 3. The van der Waals surface area contributed by atoms with Crippen molar-refractivity contribution in [3.8, 4) is 11.5 Å². The van der Waals surface area contributed by atoms with Gasteiger partial charge < -0.3 is 29.7 Å². The van der Waals surface area contributed by atoms with E-state index in [1.165, 1.54) is 14.2 Å². The molecule has 13 heteroatoms. The second-order valence-corrected chi connectivity index (χ2v) is 8.89. The number of hydrogen-bond donors (Lipinski definition) is 2. The smallest absolute Gasteiger partial charge is 0.410 e. The molecule has 3 heterocycles. The van der Waals surface area contributed by atoms with Crippen LogP contribution in [-0.2, 0) is 4.74 Å². The third-order valence-corrected chi connectivity index (χ3v) is 6.65. The Kier molecular flexibility index (Phi) is 7.69. The first kappa shape index (κ1) is 26.4. The van der Waals surface area contributed by atoms with Crippen LogP contribution < -0.4 is 20.1 Å². The fourth-order valence-corrected chi connectivity index (χ4v) is 4.70. The Balaban J connectivity index is 1.54. The molecule has 1 aromatic carbocycles. The van der Waals surface area contributed by atoms with Crippen molar-refractivity contribution < 1.29 is 37.0 Å². The predicted octanol–water partition coefficient (Wildman–Crippen LogP) is 3.91. The number of alkyl halides is 3. The number of rotatable bonds is 6. The van der Waals surface area contributed by atoms with Crippen molar-refractivity contribution in [1.29, 1.82) is 0 Å². The van der Waals surface area contributed by atoms with Gasteiger partial charge in [0.15, 0.2) is 17.5 Å². The molecule has 0 aliphatic carbocycles. The predicted molar refractivity (Wildman–Crippen MR) is 127 cm³/mol. The van der Waals surface area contributed by atoms with E-state index in [2.05, 4.69) is 15.7 Å². The summed E-state index contributed by atoms with van der Waals surface area (Å²) in [5.74, 6) is 0.303. The molecule has 1 saturated heterocycles. The van der Waals surface area contributed by atoms with Gasteiger partial charge in [0.2, 0.25) is 0 Å². The highest BCUT2D eigenvalue weighted by Crippen LogP contribution is 2.45. The van der Waals surface area contributed by atoms with Crippen LogP contribution in [0.1, 0.15) is 54.2 Å². The average molecular weight is 526 g/mol. The molecule has 10 nitrogen and oxygen atoms in total. The number of carbonyl (C=O) groups excluding carboxylic acids is 2. The number of nitrogens with one attached hydrogen (secondary N) is 2. The maximum atomic E-state index is 14.0. The van der Waals surface area contributed by atoms with Gasteiger partial charge in [-0.15, -0.1) is 0 Å². The molecule has 2 aromatic rings. The minimum absolute atomic E-state index is 0.00480. The van der Waals surface area contributed by atoms with Gasteiger partial charge in [-0.25, -0.2) is 9.48 Å². The Morgan fingerprint density at radius 3 is 2.49 bits per heavy atom. The molecule has 0 saturated carbocycles. The Morgan fingerprint density at radius 1 is 1.16 bits per heavy atom. The molecule has 0 unspecified atom stereocenters. The van der Waals surface area contributed by atoms with E-state index in [0.717, 1.165) is 10.9 Å². The number of fused-ring (bicyclic) bond motifs is 1. The molecule has 2 atom stereocenters. The van der Waals surface area contributed by atoms with Crippen molar-refractivity contribution in [2.45, 2.75) is 50.5 Å². The van der Waals surface area contributed by atoms with Gasteiger partial charge in [-0.2, -0.15) is 18.3 Å². The van der Waals surface area contributed by atoms with E-state index in [1.54, 1.807) is 30.0 Å². The van der Waals surface area contributed by atoms with Crippen molar-refractivity contribution >= 4 is 17.8 Å². The standard InChI is InChI=1S/C24H30F3N5O5/c1-4-37-23(34)31-9-7-15(8-10-31)29-22(33)16-13-28-32-20(24(25,26)27)12-17(30-21(16)32)14-5-6-18(35-2)19(11-14)36-3/h5-6,11,13,15,17,20,30H,4,7-10,12H2,1-3H3,(H,29,33)/t17-,20-/m0/s1. The minimum atomic E-state index is -4.58. The molecule has 2 N–H and O–H groups in total. The molecule has 37 heavy (non-hydrogen) atoms. The summed E-state index contributed by atoms with van der Waals surface area (Å²) < 4.78 is 58.5. The SMILES string of the molecule is CCOC(=O)N1CCC(NC(=O)c2cnn3c2N[C@H](c2ccc(OC)c(OC)c2)C[C@H]3C(F)(F)F)CC1. The van der Waals surface area contributed by atoms with Crippen LogP contribution in [-0.4, -0.2) is 72.8 Å². The highest BCUT2D eigenvalue weighted by atomic mass is 19.4. The Hall–Kier alpha value is -3.64. The van der Waals surface area contributed by atoms with Crippen LogP contribution in [0.25, 0.3) is 0 Å². The molecule has 1 aromatic heterocycles. The summed E-state index contributed by atoms with van der Waals surface area (Å²) in [5, 5.41) is 9.88. The van der Waals surface area contributed by atoms with Crippen molar-refractivity contribution in [3.63, 3.8) is 0 Å². The van der Waals surface area contributed by atoms with Gasteiger partial charge in [-0.3, -0.25) is 4.79 Å². The van der Waals surface area contributed by atoms with Crippen molar-refractivity contribution in [2.75, 3.05) is 39.2 Å². The molecule has 0 spiro atoms. The summed E-state index contributed by atoms with van der Waals surface area (Å²) in [7, 11) is 2.92. The first-order valence-corrected chi connectivity index (χ1v) is 12.0. The van der Waals surface area contributed by atoms with Gasteiger partial charge in [0.05, 0.1) is 33.1 Å². The maximum Gasteiger partial charge on any atom is 0.410 e. The summed E-state index contributed by atoms with van der Waals surface area (Å²) in [4.78, 5) is 26.6. The first-order valence-electron chi connectivity index (χ1n) is 12.0. The van der Waals surface area contributed by atoms with Crippen LogP contribution in [0.15, 0.2) is 24.4 Å². The minimum Gasteiger partial charge on any atom is -0.493 e. The van der Waals surface area contributed by atoms with Gasteiger partial charge in [0.25, 0.3) is 5.91 Å². The first-order chi connectivity index (χ1) is 17.7. The highest BCUT2D eigenvalue weighted by Gasteiger charge is 2.47. The Bertz CT molecular complexity index is 1130. The normalized spacial score (nSPS) is 20.0. The third kappa shape index (κ3) is 5.54. The van der Waals surface area contributed by atoms with Gasteiger partial charge in [0.1, 0.15) is 11.4 Å². The molecule has 202 valence electrons. The summed E-state index contributed by atoms with van der Waals surface area (Å²) in [5.41, 5.74) is 0.573. The van der Waals surface area contributed by atoms with Gasteiger partial charge >= 0.3 is 12.3 Å². The lowest BCUT2D eigenvalue weighted by Crippen LogP contribution is -2.46. The number of methoxy groups -OCH3 is 2. The molecule has 2 aliphatic rings. The molecule has 0 radical (unpaired) electrons. The summed E-state index contributed by atoms with van der Waals surface area (Å²) in [6, 6.07) is 1.99. The Labute approximate surface area is 212 Å². The molecular formula is C24H30F3N5O5. The van der Waals surface area contributed by atoms with E-state index in [4.69, 9.17) is 14.2 Å². The summed E-state index contributed by atoms with van der Waals surface area (Å²) in [6.07, 6.45) is -3.14. The lowest BCUT2D eigenvalue weighted by atomic mass is 9.96. The zero-order valence-electron chi connectivity index (χ0n) is 20.8. The fourth-order valence-electron chi connectivity index (χ4n) is 4.70. The second kappa shape index (κ2) is 10.8. The lowest BCUT2D eigenvalue weighted by Gasteiger charge is -2.34. The quantitative estimate of drug-likeness (QED) is 0.589. The average Bonchev–Trinajstić information content (AvgIpc) is 3.31. The fraction of sp³-hybridized carbons (Fsp3) is 0.542. The number of carbonyl (C=O) groups is 2. The van der Waals surface area contributed by atoms with Gasteiger partial charge in [-0.05, 0) is 37.5 Å². The molecular weight excluding hydrogens is 495 g/mol. The third-order valence-electron chi connectivity index (χ3n) is 6.65. The van der Waals surface area contributed by atoms with Crippen LogP contribution in [0.4, 0.5) is 23.8 Å². The summed E-state index contributed by atoms with van der Waals surface area (Å²) >= 11 is 0. The number of halogens is 3. The van der Waals surface area contributed by atoms with Crippen molar-refractivity contribution in [2.24, 2.45) is 0 Å². The number of nitrogens with zero attached hydrogens (tertiary/aromatic N) is 3. The van der Waals surface area contributed by atoms with Crippen LogP contribution >= 0.6 is 0 Å². The second-order valence-electron chi connectivity index (χ2n) is 8.89. The van der Waals surface area contributed by atoms with E-state index in [1.807, 2.05) is 0 Å². The van der Waals surface area contributed by atoms with E-state index >= 15 is 0 Å². The van der Waals surface area contributed by atoms with Crippen LogP contribution in [0.2, 0.25) is 0 Å². The zero-order chi connectivity index (χ0) is 26.7. The maximum absolute atomic E-state index is 14.0. The lowest BCUT2D eigenvalue weighted by molar-refractivity contribution is -0.173. The van der Waals surface area contributed by atoms with E-state index in [-0.39, 0.29) is 30.5 Å². The van der Waals surface area contributed by atoms with Crippen molar-refractivity contribution in [1.82, 2.24) is 20.0 Å². The molecule has 1 fully saturated rings. The monoisotopic (exact) mass is 525 g/mol. The summed E-state index contributed by atoms with van der Waals surface area (Å²) in [6.45, 7) is 2.82. The highest BCUT2D eigenvalue weighted by molar-refractivity contribution is 5.99. The van der Waals surface area contributed by atoms with E-state index in [0.29, 0.717) is 43.0 Å². The van der Waals surface area contributed by atoms with E-state index in [9.17, 15) is 22.8 Å². The van der Waals surface area contributed by atoms with Crippen LogP contribution in [0.5, 0.6) is 11.5 Å². The van der Waals surface area contributed by atoms with Crippen LogP contribution in [0, 0.1) is 0 Å². The van der Waals surface area contributed by atoms with E-state index < -0.39 is 30.3 Å². The number of benzene rings is 1. The van der Waals surface area contributed by atoms with Crippen LogP contribution in [0.3, 0.4) is 0 Å². The number of hydrogen-bond acceptors (Lipinski definition) is 7.